The number of anilines is 1. The van der Waals surface area contributed by atoms with Crippen molar-refractivity contribution < 1.29 is 19.4 Å². The van der Waals surface area contributed by atoms with Crippen molar-refractivity contribution >= 4 is 17.7 Å². The first kappa shape index (κ1) is 15.6. The Hall–Kier alpha value is -2.24. The Morgan fingerprint density at radius 1 is 1.26 bits per heavy atom. The van der Waals surface area contributed by atoms with E-state index in [-0.39, 0.29) is 11.8 Å². The number of hydrogen-bond donors (Lipinski definition) is 1. The zero-order valence-corrected chi connectivity index (χ0v) is 13.3. The first-order valence-corrected chi connectivity index (χ1v) is 8.02. The minimum Gasteiger partial charge on any atom is -0.497 e. The summed E-state index contributed by atoms with van der Waals surface area (Å²) in [7, 11) is 1.61. The molecule has 23 heavy (non-hydrogen) atoms. The van der Waals surface area contributed by atoms with Crippen LogP contribution in [-0.4, -0.2) is 48.8 Å². The molecule has 2 aliphatic rings. The van der Waals surface area contributed by atoms with E-state index in [0.717, 1.165) is 24.3 Å². The molecule has 1 saturated heterocycles. The van der Waals surface area contributed by atoms with Crippen molar-refractivity contribution in [3.8, 4) is 5.75 Å². The highest BCUT2D eigenvalue weighted by Crippen LogP contribution is 2.33. The highest BCUT2D eigenvalue weighted by atomic mass is 16.5. The molecule has 1 aromatic rings. The van der Waals surface area contributed by atoms with E-state index in [1.807, 2.05) is 29.2 Å². The Morgan fingerprint density at radius 3 is 2.48 bits per heavy atom. The lowest BCUT2D eigenvalue weighted by atomic mass is 10.1. The maximum Gasteiger partial charge on any atom is 0.407 e. The molecule has 6 nitrogen and oxygen atoms in total. The van der Waals surface area contributed by atoms with Gasteiger partial charge < -0.3 is 19.6 Å². The monoisotopic (exact) mass is 318 g/mol. The van der Waals surface area contributed by atoms with Gasteiger partial charge in [-0.1, -0.05) is 0 Å². The summed E-state index contributed by atoms with van der Waals surface area (Å²) in [4.78, 5) is 27.1. The van der Waals surface area contributed by atoms with Gasteiger partial charge in [0.15, 0.2) is 0 Å². The molecule has 0 spiro atoms. The van der Waals surface area contributed by atoms with Crippen LogP contribution in [0.5, 0.6) is 5.75 Å². The number of methoxy groups -OCH3 is 1. The topological polar surface area (TPSA) is 70.1 Å². The van der Waals surface area contributed by atoms with Gasteiger partial charge in [0, 0.05) is 25.3 Å². The maximum absolute atomic E-state index is 12.9. The van der Waals surface area contributed by atoms with Crippen LogP contribution in [0.15, 0.2) is 24.3 Å². The summed E-state index contributed by atoms with van der Waals surface area (Å²) in [6, 6.07) is 7.48. The first-order valence-electron chi connectivity index (χ1n) is 8.02. The molecule has 1 heterocycles. The number of nitrogens with zero attached hydrogens (tertiary/aromatic N) is 2. The van der Waals surface area contributed by atoms with Crippen molar-refractivity contribution in [2.24, 2.45) is 11.8 Å². The van der Waals surface area contributed by atoms with Gasteiger partial charge in [0.2, 0.25) is 5.91 Å². The largest absolute Gasteiger partial charge is 0.497 e. The minimum absolute atomic E-state index is 0.0332. The van der Waals surface area contributed by atoms with Crippen LogP contribution < -0.4 is 9.64 Å². The van der Waals surface area contributed by atoms with E-state index in [0.29, 0.717) is 32.0 Å². The molecule has 124 valence electrons. The quantitative estimate of drug-likeness (QED) is 0.905. The fraction of sp³-hybridized carbons (Fsp3) is 0.529. The van der Waals surface area contributed by atoms with Gasteiger partial charge in [-0.15, -0.1) is 0 Å². The molecule has 1 unspecified atom stereocenters. The summed E-state index contributed by atoms with van der Waals surface area (Å²) in [5.41, 5.74) is 0.858. The molecule has 2 amide bonds. The second-order valence-corrected chi connectivity index (χ2v) is 6.30. The standard InChI is InChI=1S/C17H22N2O4/c1-23-15-6-4-14(5-7-15)19(10-12-2-3-12)16(20)13-8-9-18(11-13)17(21)22/h4-7,12-13H,2-3,8-11H2,1H3,(H,21,22). The van der Waals surface area contributed by atoms with E-state index in [1.165, 1.54) is 4.90 Å². The third-order valence-electron chi connectivity index (χ3n) is 4.60. The van der Waals surface area contributed by atoms with E-state index in [4.69, 9.17) is 9.84 Å². The molecule has 6 heteroatoms. The fourth-order valence-electron chi connectivity index (χ4n) is 3.00. The Kier molecular flexibility index (Phi) is 4.41. The molecule has 1 atom stereocenters. The van der Waals surface area contributed by atoms with Crippen LogP contribution in [0, 0.1) is 11.8 Å². The molecule has 1 aromatic carbocycles. The smallest absolute Gasteiger partial charge is 0.407 e. The van der Waals surface area contributed by atoms with E-state index in [9.17, 15) is 9.59 Å². The molecule has 0 radical (unpaired) electrons. The normalized spacial score (nSPS) is 20.4. The Balaban J connectivity index is 1.75. The van der Waals surface area contributed by atoms with Crippen molar-refractivity contribution in [1.82, 2.24) is 4.90 Å². The van der Waals surface area contributed by atoms with Crippen LogP contribution in [0.1, 0.15) is 19.3 Å². The lowest BCUT2D eigenvalue weighted by Crippen LogP contribution is -2.39. The lowest BCUT2D eigenvalue weighted by Gasteiger charge is -2.26. The molecule has 0 bridgehead atoms. The fourth-order valence-corrected chi connectivity index (χ4v) is 3.00. The number of carbonyl (C=O) groups is 2. The minimum atomic E-state index is -0.946. The summed E-state index contributed by atoms with van der Waals surface area (Å²) >= 11 is 0. The Labute approximate surface area is 135 Å². The maximum atomic E-state index is 12.9. The summed E-state index contributed by atoms with van der Waals surface area (Å²) in [6.45, 7) is 1.45. The van der Waals surface area contributed by atoms with E-state index in [1.54, 1.807) is 7.11 Å². The number of carbonyl (C=O) groups excluding carboxylic acids is 1. The second kappa shape index (κ2) is 6.48. The van der Waals surface area contributed by atoms with Gasteiger partial charge in [0.1, 0.15) is 5.75 Å². The van der Waals surface area contributed by atoms with Gasteiger partial charge >= 0.3 is 6.09 Å². The molecule has 1 saturated carbocycles. The van der Waals surface area contributed by atoms with Crippen LogP contribution in [0.25, 0.3) is 0 Å². The molecule has 1 aliphatic heterocycles. The summed E-state index contributed by atoms with van der Waals surface area (Å²) < 4.78 is 5.17. The van der Waals surface area contributed by atoms with Gasteiger partial charge in [-0.25, -0.2) is 4.79 Å². The molecule has 1 N–H and O–H groups in total. The number of hydrogen-bond acceptors (Lipinski definition) is 3. The number of carboxylic acid groups (broad SMARTS) is 1. The molecule has 2 fully saturated rings. The van der Waals surface area contributed by atoms with Crippen LogP contribution in [-0.2, 0) is 4.79 Å². The summed E-state index contributed by atoms with van der Waals surface area (Å²) in [5.74, 6) is 1.11. The van der Waals surface area contributed by atoms with Crippen LogP contribution >= 0.6 is 0 Å². The predicted octanol–water partition coefficient (Wildman–Crippen LogP) is 2.44. The van der Waals surface area contributed by atoms with Crippen LogP contribution in [0.3, 0.4) is 0 Å². The number of rotatable bonds is 5. The molecule has 0 aromatic heterocycles. The van der Waals surface area contributed by atoms with Crippen LogP contribution in [0.4, 0.5) is 10.5 Å². The van der Waals surface area contributed by atoms with E-state index < -0.39 is 6.09 Å². The Morgan fingerprint density at radius 2 is 1.96 bits per heavy atom. The van der Waals surface area contributed by atoms with Crippen LogP contribution in [0.2, 0.25) is 0 Å². The number of amides is 2. The third-order valence-corrected chi connectivity index (χ3v) is 4.60. The lowest BCUT2D eigenvalue weighted by molar-refractivity contribution is -0.122. The summed E-state index contributed by atoms with van der Waals surface area (Å²) in [5, 5.41) is 9.07. The van der Waals surface area contributed by atoms with E-state index in [2.05, 4.69) is 0 Å². The van der Waals surface area contributed by atoms with Gasteiger partial charge in [-0.2, -0.15) is 0 Å². The summed E-state index contributed by atoms with van der Waals surface area (Å²) in [6.07, 6.45) is 1.97. The second-order valence-electron chi connectivity index (χ2n) is 6.30. The highest BCUT2D eigenvalue weighted by molar-refractivity contribution is 5.95. The van der Waals surface area contributed by atoms with Crippen molar-refractivity contribution in [1.29, 1.82) is 0 Å². The van der Waals surface area contributed by atoms with Gasteiger partial charge in [-0.3, -0.25) is 4.79 Å². The highest BCUT2D eigenvalue weighted by Gasteiger charge is 2.36. The zero-order chi connectivity index (χ0) is 16.4. The average molecular weight is 318 g/mol. The molecule has 3 rings (SSSR count). The first-order chi connectivity index (χ1) is 11.1. The average Bonchev–Trinajstić information content (AvgIpc) is 3.24. The van der Waals surface area contributed by atoms with Crippen molar-refractivity contribution in [3.05, 3.63) is 24.3 Å². The third kappa shape index (κ3) is 3.57. The van der Waals surface area contributed by atoms with E-state index >= 15 is 0 Å². The number of ether oxygens (including phenoxy) is 1. The zero-order valence-electron chi connectivity index (χ0n) is 13.3. The molecular formula is C17H22N2O4. The van der Waals surface area contributed by atoms with Crippen molar-refractivity contribution in [3.63, 3.8) is 0 Å². The number of likely N-dealkylation sites (tertiary alicyclic amines) is 1. The number of benzene rings is 1. The molecular weight excluding hydrogens is 296 g/mol. The SMILES string of the molecule is COc1ccc(N(CC2CC2)C(=O)C2CCN(C(=O)O)C2)cc1. The van der Waals surface area contributed by atoms with Gasteiger partial charge in [0.05, 0.1) is 13.0 Å². The van der Waals surface area contributed by atoms with Gasteiger partial charge in [0.25, 0.3) is 0 Å². The molecule has 1 aliphatic carbocycles. The van der Waals surface area contributed by atoms with Gasteiger partial charge in [-0.05, 0) is 49.4 Å². The van der Waals surface area contributed by atoms with Crippen molar-refractivity contribution in [2.45, 2.75) is 19.3 Å². The van der Waals surface area contributed by atoms with Crippen molar-refractivity contribution in [2.75, 3.05) is 31.6 Å². The predicted molar refractivity (Wildman–Crippen MR) is 85.8 cm³/mol. The Bertz CT molecular complexity index is 583.